The van der Waals surface area contributed by atoms with E-state index in [9.17, 15) is 18.0 Å². The van der Waals surface area contributed by atoms with Crippen molar-refractivity contribution >= 4 is 23.2 Å². The highest BCUT2D eigenvalue weighted by atomic mass is 19.2. The van der Waals surface area contributed by atoms with Crippen LogP contribution in [0.15, 0.2) is 48.8 Å². The van der Waals surface area contributed by atoms with Crippen molar-refractivity contribution in [2.45, 2.75) is 13.3 Å². The molecule has 0 atom stereocenters. The summed E-state index contributed by atoms with van der Waals surface area (Å²) in [6.07, 6.45) is 3.32. The van der Waals surface area contributed by atoms with E-state index in [2.05, 4.69) is 20.6 Å². The first-order chi connectivity index (χ1) is 13.0. The zero-order valence-corrected chi connectivity index (χ0v) is 14.3. The molecule has 0 spiro atoms. The molecule has 3 rings (SSSR count). The lowest BCUT2D eigenvalue weighted by atomic mass is 10.1. The first kappa shape index (κ1) is 18.4. The Bertz CT molecular complexity index is 977. The van der Waals surface area contributed by atoms with Gasteiger partial charge in [0.15, 0.2) is 17.5 Å². The lowest BCUT2D eigenvalue weighted by Gasteiger charge is -2.10. The number of amides is 1. The molecule has 2 N–H and O–H groups in total. The molecule has 8 heteroatoms. The van der Waals surface area contributed by atoms with Gasteiger partial charge in [-0.25, -0.2) is 23.1 Å². The third-order valence-electron chi connectivity index (χ3n) is 3.84. The standard InChI is InChI=1S/C19H15F3N4O/c1-2-11-5-3-4-6-14(11)26-19-23-9-12(10-24-19)18(27)25-15-8-7-13(20)16(21)17(15)22/h3-10H,2H2,1H3,(H,25,27)(H,23,24,26). The number of anilines is 3. The lowest BCUT2D eigenvalue weighted by molar-refractivity contribution is 0.102. The number of aromatic nitrogens is 2. The van der Waals surface area contributed by atoms with Crippen molar-refractivity contribution in [1.29, 1.82) is 0 Å². The number of aryl methyl sites for hydroxylation is 1. The van der Waals surface area contributed by atoms with Crippen LogP contribution in [0.1, 0.15) is 22.8 Å². The van der Waals surface area contributed by atoms with Gasteiger partial charge < -0.3 is 10.6 Å². The van der Waals surface area contributed by atoms with Crippen LogP contribution in [0.2, 0.25) is 0 Å². The van der Waals surface area contributed by atoms with Crippen LogP contribution >= 0.6 is 0 Å². The molecule has 0 aliphatic carbocycles. The molecule has 0 radical (unpaired) electrons. The van der Waals surface area contributed by atoms with Gasteiger partial charge in [0.25, 0.3) is 5.91 Å². The zero-order chi connectivity index (χ0) is 19.4. The van der Waals surface area contributed by atoms with E-state index in [0.29, 0.717) is 0 Å². The van der Waals surface area contributed by atoms with Gasteiger partial charge in [-0.15, -0.1) is 0 Å². The Kier molecular flexibility index (Phi) is 5.35. The molecule has 0 aliphatic rings. The van der Waals surface area contributed by atoms with Crippen LogP contribution in [0.25, 0.3) is 0 Å². The van der Waals surface area contributed by atoms with Gasteiger partial charge in [0.2, 0.25) is 5.95 Å². The maximum Gasteiger partial charge on any atom is 0.258 e. The fourth-order valence-electron chi connectivity index (χ4n) is 2.40. The maximum atomic E-state index is 13.6. The molecule has 27 heavy (non-hydrogen) atoms. The fraction of sp³-hybridized carbons (Fsp3) is 0.105. The Morgan fingerprint density at radius 1 is 0.963 bits per heavy atom. The summed E-state index contributed by atoms with van der Waals surface area (Å²) < 4.78 is 39.8. The summed E-state index contributed by atoms with van der Waals surface area (Å²) >= 11 is 0. The molecule has 1 aromatic heterocycles. The van der Waals surface area contributed by atoms with Crippen LogP contribution in [-0.2, 0) is 6.42 Å². The molecule has 0 fully saturated rings. The summed E-state index contributed by atoms with van der Waals surface area (Å²) in [7, 11) is 0. The number of rotatable bonds is 5. The molecule has 0 saturated heterocycles. The normalized spacial score (nSPS) is 10.5. The number of carbonyl (C=O) groups excluding carboxylic acids is 1. The van der Waals surface area contributed by atoms with Gasteiger partial charge in [-0.3, -0.25) is 4.79 Å². The van der Waals surface area contributed by atoms with Crippen LogP contribution in [-0.4, -0.2) is 15.9 Å². The number of hydrogen-bond donors (Lipinski definition) is 2. The van der Waals surface area contributed by atoms with Crippen molar-refractivity contribution in [3.8, 4) is 0 Å². The van der Waals surface area contributed by atoms with Gasteiger partial charge in [0, 0.05) is 18.1 Å². The largest absolute Gasteiger partial charge is 0.324 e. The second kappa shape index (κ2) is 7.86. The number of para-hydroxylation sites is 1. The van der Waals surface area contributed by atoms with E-state index in [1.807, 2.05) is 31.2 Å². The van der Waals surface area contributed by atoms with Crippen molar-refractivity contribution in [2.75, 3.05) is 10.6 Å². The van der Waals surface area contributed by atoms with Crippen LogP contribution < -0.4 is 10.6 Å². The van der Waals surface area contributed by atoms with Crippen molar-refractivity contribution in [3.05, 3.63) is 77.4 Å². The van der Waals surface area contributed by atoms with Crippen LogP contribution in [0, 0.1) is 17.5 Å². The summed E-state index contributed by atoms with van der Waals surface area (Å²) in [6, 6.07) is 9.32. The molecule has 0 bridgehead atoms. The predicted octanol–water partition coefficient (Wildman–Crippen LogP) is 4.45. The lowest BCUT2D eigenvalue weighted by Crippen LogP contribution is -2.15. The van der Waals surface area contributed by atoms with Crippen molar-refractivity contribution in [1.82, 2.24) is 9.97 Å². The van der Waals surface area contributed by atoms with E-state index >= 15 is 0 Å². The third-order valence-corrected chi connectivity index (χ3v) is 3.84. The number of halogens is 3. The maximum absolute atomic E-state index is 13.6. The molecule has 3 aromatic rings. The quantitative estimate of drug-likeness (QED) is 0.650. The molecule has 1 amide bonds. The smallest absolute Gasteiger partial charge is 0.258 e. The molecule has 138 valence electrons. The van der Waals surface area contributed by atoms with Crippen LogP contribution in [0.4, 0.5) is 30.5 Å². The van der Waals surface area contributed by atoms with E-state index in [4.69, 9.17) is 0 Å². The Labute approximate surface area is 153 Å². The Hall–Kier alpha value is -3.42. The Morgan fingerprint density at radius 2 is 1.67 bits per heavy atom. The summed E-state index contributed by atoms with van der Waals surface area (Å²) in [4.78, 5) is 20.2. The second-order valence-electron chi connectivity index (χ2n) is 5.61. The number of benzene rings is 2. The molecule has 2 aromatic carbocycles. The second-order valence-corrected chi connectivity index (χ2v) is 5.61. The van der Waals surface area contributed by atoms with Gasteiger partial charge in [0.05, 0.1) is 11.3 Å². The average Bonchev–Trinajstić information content (AvgIpc) is 2.69. The van der Waals surface area contributed by atoms with Crippen molar-refractivity contribution < 1.29 is 18.0 Å². The van der Waals surface area contributed by atoms with E-state index in [0.717, 1.165) is 29.8 Å². The third kappa shape index (κ3) is 4.05. The molecule has 0 unspecified atom stereocenters. The van der Waals surface area contributed by atoms with E-state index in [1.54, 1.807) is 0 Å². The van der Waals surface area contributed by atoms with Gasteiger partial charge in [-0.2, -0.15) is 0 Å². The number of nitrogens with zero attached hydrogens (tertiary/aromatic N) is 2. The highest BCUT2D eigenvalue weighted by molar-refractivity contribution is 6.04. The fourth-order valence-corrected chi connectivity index (χ4v) is 2.40. The minimum Gasteiger partial charge on any atom is -0.324 e. The van der Waals surface area contributed by atoms with E-state index in [-0.39, 0.29) is 11.5 Å². The zero-order valence-electron chi connectivity index (χ0n) is 14.3. The average molecular weight is 372 g/mol. The minimum atomic E-state index is -1.65. The van der Waals surface area contributed by atoms with Gasteiger partial charge in [-0.05, 0) is 30.2 Å². The van der Waals surface area contributed by atoms with E-state index in [1.165, 1.54) is 12.4 Å². The first-order valence-corrected chi connectivity index (χ1v) is 8.11. The van der Waals surface area contributed by atoms with Gasteiger partial charge in [-0.1, -0.05) is 25.1 Å². The number of hydrogen-bond acceptors (Lipinski definition) is 4. The predicted molar refractivity (Wildman–Crippen MR) is 95.4 cm³/mol. The first-order valence-electron chi connectivity index (χ1n) is 8.11. The Balaban J connectivity index is 1.73. The molecular formula is C19H15F3N4O. The molecule has 0 aliphatic heterocycles. The van der Waals surface area contributed by atoms with Crippen molar-refractivity contribution in [3.63, 3.8) is 0 Å². The number of carbonyl (C=O) groups is 1. The van der Waals surface area contributed by atoms with Crippen molar-refractivity contribution in [2.24, 2.45) is 0 Å². The summed E-state index contributed by atoms with van der Waals surface area (Å²) in [5, 5.41) is 5.22. The molecule has 1 heterocycles. The highest BCUT2D eigenvalue weighted by Gasteiger charge is 2.16. The van der Waals surface area contributed by atoms with Crippen LogP contribution in [0.3, 0.4) is 0 Å². The van der Waals surface area contributed by atoms with Gasteiger partial charge >= 0.3 is 0 Å². The molecule has 0 saturated carbocycles. The Morgan fingerprint density at radius 3 is 2.37 bits per heavy atom. The van der Waals surface area contributed by atoms with E-state index < -0.39 is 29.0 Å². The van der Waals surface area contributed by atoms with Crippen LogP contribution in [0.5, 0.6) is 0 Å². The molecule has 5 nitrogen and oxygen atoms in total. The minimum absolute atomic E-state index is 0.0356. The summed E-state index contributed by atoms with van der Waals surface area (Å²) in [6.45, 7) is 2.02. The summed E-state index contributed by atoms with van der Waals surface area (Å²) in [5.41, 5.74) is 1.49. The topological polar surface area (TPSA) is 66.9 Å². The molecular weight excluding hydrogens is 357 g/mol. The SMILES string of the molecule is CCc1ccccc1Nc1ncc(C(=O)Nc2ccc(F)c(F)c2F)cn1. The summed E-state index contributed by atoms with van der Waals surface area (Å²) in [5.74, 6) is -4.93. The van der Waals surface area contributed by atoms with Gasteiger partial charge in [0.1, 0.15) is 0 Å². The monoisotopic (exact) mass is 372 g/mol. The number of nitrogens with one attached hydrogen (secondary N) is 2. The highest BCUT2D eigenvalue weighted by Crippen LogP contribution is 2.21.